The fourth-order valence-corrected chi connectivity index (χ4v) is 4.20. The summed E-state index contributed by atoms with van der Waals surface area (Å²) in [6, 6.07) is 21.7. The maximum absolute atomic E-state index is 13.4. The molecule has 0 spiro atoms. The van der Waals surface area contributed by atoms with Crippen LogP contribution < -0.4 is 5.69 Å². The van der Waals surface area contributed by atoms with E-state index in [-0.39, 0.29) is 11.4 Å². The standard InChI is InChI=1S/C26H24N8O3/c1-2-3-11-24-29-33(20-7-6-8-21(16-20)34(36)37)26(35)32(24)17-18-12-14-19(15-13-18)22-9-4-5-10-23(22)25-27-30-31-28-25/h4-10,12-16H,2-3,11,17H2,1H3,(H,27,28,30,31). The molecule has 0 aliphatic carbocycles. The number of H-pyrrole nitrogens is 1. The van der Waals surface area contributed by atoms with Crippen molar-refractivity contribution >= 4 is 5.69 Å². The molecule has 0 radical (unpaired) electrons. The van der Waals surface area contributed by atoms with Crippen molar-refractivity contribution in [1.29, 1.82) is 0 Å². The summed E-state index contributed by atoms with van der Waals surface area (Å²) in [4.78, 5) is 24.1. The number of nitro benzene ring substituents is 1. The highest BCUT2D eigenvalue weighted by Gasteiger charge is 2.17. The third-order valence-corrected chi connectivity index (χ3v) is 6.10. The SMILES string of the molecule is CCCCc1nn(-c2cccc([N+](=O)[O-])c2)c(=O)n1Cc1ccc(-c2ccccc2-c2nn[nH]n2)cc1. The number of aromatic nitrogens is 7. The summed E-state index contributed by atoms with van der Waals surface area (Å²) < 4.78 is 2.88. The first-order valence-corrected chi connectivity index (χ1v) is 11.9. The van der Waals surface area contributed by atoms with Gasteiger partial charge in [0.05, 0.1) is 17.2 Å². The Labute approximate surface area is 211 Å². The van der Waals surface area contributed by atoms with Crippen LogP contribution in [0.1, 0.15) is 31.2 Å². The summed E-state index contributed by atoms with van der Waals surface area (Å²) in [7, 11) is 0. The molecule has 0 saturated carbocycles. The summed E-state index contributed by atoms with van der Waals surface area (Å²) in [6.45, 7) is 2.41. The van der Waals surface area contributed by atoms with Crippen LogP contribution >= 0.6 is 0 Å². The van der Waals surface area contributed by atoms with Crippen LogP contribution in [0.15, 0.2) is 77.6 Å². The summed E-state index contributed by atoms with van der Waals surface area (Å²) in [5.74, 6) is 1.16. The molecule has 2 heterocycles. The quantitative estimate of drug-likeness (QED) is 0.239. The number of benzene rings is 3. The van der Waals surface area contributed by atoms with E-state index in [0.29, 0.717) is 30.3 Å². The highest BCUT2D eigenvalue weighted by atomic mass is 16.6. The van der Waals surface area contributed by atoms with Gasteiger partial charge in [-0.1, -0.05) is 67.9 Å². The Morgan fingerprint density at radius 2 is 1.78 bits per heavy atom. The van der Waals surface area contributed by atoms with Crippen LogP contribution in [-0.4, -0.2) is 39.9 Å². The van der Waals surface area contributed by atoms with E-state index in [1.165, 1.54) is 16.8 Å². The monoisotopic (exact) mass is 496 g/mol. The molecule has 0 bridgehead atoms. The van der Waals surface area contributed by atoms with E-state index in [2.05, 4.69) is 32.6 Å². The molecule has 37 heavy (non-hydrogen) atoms. The summed E-state index contributed by atoms with van der Waals surface area (Å²) in [5, 5.41) is 30.1. The van der Waals surface area contributed by atoms with Crippen molar-refractivity contribution in [2.75, 3.05) is 0 Å². The second kappa shape index (κ2) is 10.4. The lowest BCUT2D eigenvalue weighted by molar-refractivity contribution is -0.384. The number of nitrogens with zero attached hydrogens (tertiary/aromatic N) is 7. The Hall–Kier alpha value is -4.93. The number of hydrogen-bond acceptors (Lipinski definition) is 7. The smallest absolute Gasteiger partial charge is 0.274 e. The van der Waals surface area contributed by atoms with Gasteiger partial charge in [0, 0.05) is 24.1 Å². The van der Waals surface area contributed by atoms with E-state index in [9.17, 15) is 14.9 Å². The molecule has 5 rings (SSSR count). The Kier molecular flexibility index (Phi) is 6.66. The van der Waals surface area contributed by atoms with Crippen LogP contribution in [0.4, 0.5) is 5.69 Å². The van der Waals surface area contributed by atoms with E-state index in [1.807, 2.05) is 48.5 Å². The molecule has 0 unspecified atom stereocenters. The first-order chi connectivity index (χ1) is 18.0. The van der Waals surface area contributed by atoms with Crippen molar-refractivity contribution in [3.05, 3.63) is 105 Å². The number of nitro groups is 1. The lowest BCUT2D eigenvalue weighted by Gasteiger charge is -2.09. The number of aryl methyl sites for hydroxylation is 1. The van der Waals surface area contributed by atoms with Gasteiger partial charge in [-0.3, -0.25) is 14.7 Å². The van der Waals surface area contributed by atoms with Crippen LogP contribution in [0.25, 0.3) is 28.2 Å². The van der Waals surface area contributed by atoms with Crippen LogP contribution in [0.5, 0.6) is 0 Å². The van der Waals surface area contributed by atoms with Gasteiger partial charge in [-0.15, -0.1) is 15.3 Å². The van der Waals surface area contributed by atoms with Gasteiger partial charge in [-0.25, -0.2) is 4.79 Å². The molecule has 0 saturated heterocycles. The van der Waals surface area contributed by atoms with Crippen molar-refractivity contribution in [3.8, 4) is 28.2 Å². The van der Waals surface area contributed by atoms with Crippen molar-refractivity contribution in [3.63, 3.8) is 0 Å². The maximum atomic E-state index is 13.4. The Balaban J connectivity index is 1.47. The van der Waals surface area contributed by atoms with Crippen LogP contribution in [0, 0.1) is 10.1 Å². The molecule has 1 N–H and O–H groups in total. The van der Waals surface area contributed by atoms with Gasteiger partial charge in [0.25, 0.3) is 5.69 Å². The third kappa shape index (κ3) is 4.92. The molecule has 0 atom stereocenters. The zero-order valence-corrected chi connectivity index (χ0v) is 20.1. The molecule has 0 fully saturated rings. The number of rotatable bonds is 9. The molecule has 0 aliphatic heterocycles. The lowest BCUT2D eigenvalue weighted by Crippen LogP contribution is -2.25. The van der Waals surface area contributed by atoms with Gasteiger partial charge in [-0.05, 0) is 34.4 Å². The highest BCUT2D eigenvalue weighted by Crippen LogP contribution is 2.29. The third-order valence-electron chi connectivity index (χ3n) is 6.10. The van der Waals surface area contributed by atoms with Gasteiger partial charge in [0.1, 0.15) is 5.82 Å². The fraction of sp³-hybridized carbons (Fsp3) is 0.192. The van der Waals surface area contributed by atoms with E-state index in [0.717, 1.165) is 35.1 Å². The largest absolute Gasteiger partial charge is 0.351 e. The normalized spacial score (nSPS) is 11.1. The molecule has 0 aliphatic rings. The number of hydrogen-bond donors (Lipinski definition) is 1. The highest BCUT2D eigenvalue weighted by molar-refractivity contribution is 5.80. The number of aromatic amines is 1. The first kappa shape index (κ1) is 23.8. The molecule has 5 aromatic rings. The minimum atomic E-state index is -0.484. The minimum Gasteiger partial charge on any atom is -0.274 e. The molecular formula is C26H24N8O3. The summed E-state index contributed by atoms with van der Waals surface area (Å²) in [5.41, 5.74) is 3.68. The Morgan fingerprint density at radius 1 is 1.00 bits per heavy atom. The summed E-state index contributed by atoms with van der Waals surface area (Å²) in [6.07, 6.45) is 2.45. The van der Waals surface area contributed by atoms with Gasteiger partial charge in [0.2, 0.25) is 5.82 Å². The van der Waals surface area contributed by atoms with E-state index in [4.69, 9.17) is 0 Å². The van der Waals surface area contributed by atoms with Gasteiger partial charge in [-0.2, -0.15) is 9.90 Å². The fourth-order valence-electron chi connectivity index (χ4n) is 4.20. The topological polar surface area (TPSA) is 137 Å². The first-order valence-electron chi connectivity index (χ1n) is 11.9. The van der Waals surface area contributed by atoms with Gasteiger partial charge in [0.15, 0.2) is 0 Å². The maximum Gasteiger partial charge on any atom is 0.351 e. The van der Waals surface area contributed by atoms with E-state index in [1.54, 1.807) is 16.7 Å². The molecule has 186 valence electrons. The molecule has 0 amide bonds. The van der Waals surface area contributed by atoms with Gasteiger partial charge < -0.3 is 0 Å². The number of non-ortho nitro benzene ring substituents is 1. The summed E-state index contributed by atoms with van der Waals surface area (Å²) >= 11 is 0. The zero-order chi connectivity index (χ0) is 25.8. The molecular weight excluding hydrogens is 472 g/mol. The average Bonchev–Trinajstić information content (AvgIpc) is 3.57. The number of nitrogens with one attached hydrogen (secondary N) is 1. The zero-order valence-electron chi connectivity index (χ0n) is 20.1. The average molecular weight is 497 g/mol. The van der Waals surface area contributed by atoms with Crippen molar-refractivity contribution < 1.29 is 4.92 Å². The molecule has 11 nitrogen and oxygen atoms in total. The second-order valence-corrected chi connectivity index (χ2v) is 8.56. The van der Waals surface area contributed by atoms with Crippen molar-refractivity contribution in [2.24, 2.45) is 0 Å². The van der Waals surface area contributed by atoms with Crippen molar-refractivity contribution in [1.82, 2.24) is 35.0 Å². The van der Waals surface area contributed by atoms with Crippen LogP contribution in [0.2, 0.25) is 0 Å². The van der Waals surface area contributed by atoms with Gasteiger partial charge >= 0.3 is 5.69 Å². The minimum absolute atomic E-state index is 0.0919. The molecule has 3 aromatic carbocycles. The number of tetrazole rings is 1. The number of unbranched alkanes of at least 4 members (excludes halogenated alkanes) is 1. The molecule has 2 aromatic heterocycles. The van der Waals surface area contributed by atoms with Crippen LogP contribution in [0.3, 0.4) is 0 Å². The predicted octanol–water partition coefficient (Wildman–Crippen LogP) is 4.18. The molecule has 11 heteroatoms. The predicted molar refractivity (Wildman–Crippen MR) is 137 cm³/mol. The van der Waals surface area contributed by atoms with Crippen LogP contribution in [-0.2, 0) is 13.0 Å². The second-order valence-electron chi connectivity index (χ2n) is 8.56. The lowest BCUT2D eigenvalue weighted by atomic mass is 9.98. The Morgan fingerprint density at radius 3 is 2.49 bits per heavy atom. The van der Waals surface area contributed by atoms with Crippen molar-refractivity contribution in [2.45, 2.75) is 32.7 Å². The van der Waals surface area contributed by atoms with E-state index < -0.39 is 4.92 Å². The Bertz CT molecular complexity index is 1590. The van der Waals surface area contributed by atoms with E-state index >= 15 is 0 Å².